The van der Waals surface area contributed by atoms with Crippen LogP contribution in [0.2, 0.25) is 5.02 Å². The fourth-order valence-electron chi connectivity index (χ4n) is 2.03. The molecule has 1 atom stereocenters. The highest BCUT2D eigenvalue weighted by Crippen LogP contribution is 2.20. The first-order valence-corrected chi connectivity index (χ1v) is 7.74. The number of benzene rings is 2. The van der Waals surface area contributed by atoms with Crippen LogP contribution >= 0.6 is 11.6 Å². The van der Waals surface area contributed by atoms with Crippen LogP contribution in [0.5, 0.6) is 0 Å². The second-order valence-electron chi connectivity index (χ2n) is 5.27. The van der Waals surface area contributed by atoms with Crippen molar-refractivity contribution in [3.63, 3.8) is 0 Å². The van der Waals surface area contributed by atoms with Crippen molar-refractivity contribution in [3.8, 4) is 0 Å². The van der Waals surface area contributed by atoms with E-state index >= 15 is 0 Å². The van der Waals surface area contributed by atoms with E-state index < -0.39 is 29.4 Å². The van der Waals surface area contributed by atoms with Gasteiger partial charge >= 0.3 is 5.97 Å². The van der Waals surface area contributed by atoms with Gasteiger partial charge in [-0.25, -0.2) is 9.18 Å². The van der Waals surface area contributed by atoms with E-state index in [1.165, 1.54) is 32.0 Å². The van der Waals surface area contributed by atoms with Crippen molar-refractivity contribution in [2.45, 2.75) is 20.0 Å². The zero-order valence-electron chi connectivity index (χ0n) is 13.5. The molecule has 7 heteroatoms. The quantitative estimate of drug-likeness (QED) is 0.646. The van der Waals surface area contributed by atoms with E-state index in [2.05, 4.69) is 5.32 Å². The Morgan fingerprint density at radius 3 is 2.48 bits per heavy atom. The van der Waals surface area contributed by atoms with E-state index in [4.69, 9.17) is 16.3 Å². The second kappa shape index (κ2) is 7.90. The molecule has 1 amide bonds. The molecule has 5 nitrogen and oxygen atoms in total. The van der Waals surface area contributed by atoms with E-state index in [-0.39, 0.29) is 10.8 Å². The molecule has 130 valence electrons. The van der Waals surface area contributed by atoms with Crippen molar-refractivity contribution in [3.05, 3.63) is 64.4 Å². The predicted molar refractivity (Wildman–Crippen MR) is 91.4 cm³/mol. The van der Waals surface area contributed by atoms with Crippen molar-refractivity contribution in [1.29, 1.82) is 0 Å². The zero-order valence-corrected chi connectivity index (χ0v) is 14.3. The van der Waals surface area contributed by atoms with Gasteiger partial charge in [0.05, 0.1) is 5.02 Å². The van der Waals surface area contributed by atoms with Gasteiger partial charge in [-0.15, -0.1) is 0 Å². The van der Waals surface area contributed by atoms with Crippen molar-refractivity contribution < 1.29 is 23.5 Å². The van der Waals surface area contributed by atoms with E-state index in [0.29, 0.717) is 11.3 Å². The first-order valence-electron chi connectivity index (χ1n) is 7.36. The van der Waals surface area contributed by atoms with Crippen LogP contribution in [-0.2, 0) is 9.53 Å². The summed E-state index contributed by atoms with van der Waals surface area (Å²) in [5.41, 5.74) is 0.382. The summed E-state index contributed by atoms with van der Waals surface area (Å²) in [5, 5.41) is 2.42. The molecule has 0 radical (unpaired) electrons. The van der Waals surface area contributed by atoms with Gasteiger partial charge in [0.25, 0.3) is 5.91 Å². The van der Waals surface area contributed by atoms with Crippen LogP contribution < -0.4 is 5.32 Å². The highest BCUT2D eigenvalue weighted by Gasteiger charge is 2.23. The number of nitrogens with one attached hydrogen (secondary N) is 1. The average molecular weight is 364 g/mol. The lowest BCUT2D eigenvalue weighted by atomic mass is 10.1. The van der Waals surface area contributed by atoms with Crippen LogP contribution in [0.3, 0.4) is 0 Å². The number of esters is 1. The minimum atomic E-state index is -1.19. The van der Waals surface area contributed by atoms with Gasteiger partial charge in [0, 0.05) is 11.3 Å². The maximum Gasteiger partial charge on any atom is 0.343 e. The van der Waals surface area contributed by atoms with Crippen molar-refractivity contribution in [2.75, 3.05) is 5.32 Å². The fourth-order valence-corrected chi connectivity index (χ4v) is 2.27. The molecule has 0 saturated carbocycles. The molecule has 0 aliphatic rings. The minimum absolute atomic E-state index is 0.105. The maximum atomic E-state index is 13.7. The Morgan fingerprint density at radius 1 is 1.16 bits per heavy atom. The molecule has 1 unspecified atom stereocenters. The topological polar surface area (TPSA) is 72.5 Å². The third kappa shape index (κ3) is 4.64. The molecule has 0 heterocycles. The number of halogens is 2. The summed E-state index contributed by atoms with van der Waals surface area (Å²) in [6.07, 6.45) is -1.19. The lowest BCUT2D eigenvalue weighted by Gasteiger charge is -2.14. The van der Waals surface area contributed by atoms with Gasteiger partial charge in [-0.3, -0.25) is 9.59 Å². The number of ketones is 1. The summed E-state index contributed by atoms with van der Waals surface area (Å²) in [6.45, 7) is 2.75. The molecule has 0 fully saturated rings. The van der Waals surface area contributed by atoms with Crippen LogP contribution in [0.25, 0.3) is 0 Å². The summed E-state index contributed by atoms with van der Waals surface area (Å²) < 4.78 is 18.7. The average Bonchev–Trinajstić information content (AvgIpc) is 2.54. The molecule has 0 aromatic heterocycles. The number of carbonyl (C=O) groups is 3. The Labute approximate surface area is 148 Å². The van der Waals surface area contributed by atoms with Crippen LogP contribution in [0.4, 0.5) is 10.1 Å². The van der Waals surface area contributed by atoms with Crippen LogP contribution in [-0.4, -0.2) is 23.8 Å². The lowest BCUT2D eigenvalue weighted by Crippen LogP contribution is -2.30. The number of Topliss-reactive ketones (excluding diaryl/α,β-unsaturated/α-hetero) is 1. The Bertz CT molecular complexity index is 817. The van der Waals surface area contributed by atoms with Gasteiger partial charge in [0.15, 0.2) is 11.9 Å². The normalized spacial score (nSPS) is 11.5. The predicted octanol–water partition coefficient (Wildman–Crippen LogP) is 3.87. The molecule has 0 bridgehead atoms. The molecule has 0 aliphatic heterocycles. The van der Waals surface area contributed by atoms with Crippen LogP contribution in [0, 0.1) is 5.82 Å². The maximum absolute atomic E-state index is 13.7. The van der Waals surface area contributed by atoms with Crippen LogP contribution in [0.15, 0.2) is 42.5 Å². The SMILES string of the molecule is CC(=O)c1cccc(NC(=O)C(C)OC(=O)c2c(F)cccc2Cl)c1. The largest absolute Gasteiger partial charge is 0.449 e. The molecule has 2 rings (SSSR count). The monoisotopic (exact) mass is 363 g/mol. The first-order chi connectivity index (χ1) is 11.8. The zero-order chi connectivity index (χ0) is 18.6. The van der Waals surface area contributed by atoms with Crippen LogP contribution in [0.1, 0.15) is 34.6 Å². The Hall–Kier alpha value is -2.73. The number of anilines is 1. The summed E-state index contributed by atoms with van der Waals surface area (Å²) in [5.74, 6) is -2.64. The molecular formula is C18H15ClFNO4. The summed E-state index contributed by atoms with van der Waals surface area (Å²) in [4.78, 5) is 35.5. The third-order valence-electron chi connectivity index (χ3n) is 3.36. The third-order valence-corrected chi connectivity index (χ3v) is 3.67. The van der Waals surface area contributed by atoms with E-state index in [1.54, 1.807) is 18.2 Å². The Balaban J connectivity index is 2.06. The molecule has 1 N–H and O–H groups in total. The number of ether oxygens (including phenoxy) is 1. The van der Waals surface area contributed by atoms with Gasteiger partial charge in [-0.2, -0.15) is 0 Å². The number of hydrogen-bond acceptors (Lipinski definition) is 4. The standard InChI is InChI=1S/C18H15ClFNO4/c1-10(22)12-5-3-6-13(9-12)21-17(23)11(2)25-18(24)16-14(19)7-4-8-15(16)20/h3-9,11H,1-2H3,(H,21,23). The first kappa shape index (κ1) is 18.6. The van der Waals surface area contributed by atoms with Gasteiger partial charge in [-0.05, 0) is 38.1 Å². The molecular weight excluding hydrogens is 349 g/mol. The van der Waals surface area contributed by atoms with Crippen molar-refractivity contribution in [1.82, 2.24) is 0 Å². The second-order valence-corrected chi connectivity index (χ2v) is 5.68. The Kier molecular flexibility index (Phi) is 5.88. The van der Waals surface area contributed by atoms with Gasteiger partial charge in [0.1, 0.15) is 11.4 Å². The number of amides is 1. The molecule has 0 saturated heterocycles. The minimum Gasteiger partial charge on any atom is -0.449 e. The van der Waals surface area contributed by atoms with E-state index in [1.807, 2.05) is 0 Å². The lowest BCUT2D eigenvalue weighted by molar-refractivity contribution is -0.123. The molecule has 2 aromatic carbocycles. The summed E-state index contributed by atoms with van der Waals surface area (Å²) in [7, 11) is 0. The molecule has 2 aromatic rings. The summed E-state index contributed by atoms with van der Waals surface area (Å²) >= 11 is 5.79. The highest BCUT2D eigenvalue weighted by atomic mass is 35.5. The smallest absolute Gasteiger partial charge is 0.343 e. The highest BCUT2D eigenvalue weighted by molar-refractivity contribution is 6.33. The fraction of sp³-hybridized carbons (Fsp3) is 0.167. The van der Waals surface area contributed by atoms with Crippen molar-refractivity contribution >= 4 is 34.9 Å². The number of hydrogen-bond donors (Lipinski definition) is 1. The van der Waals surface area contributed by atoms with Crippen molar-refractivity contribution in [2.24, 2.45) is 0 Å². The number of rotatable bonds is 5. The summed E-state index contributed by atoms with van der Waals surface area (Å²) in [6, 6.07) is 10.1. The van der Waals surface area contributed by atoms with Gasteiger partial charge in [-0.1, -0.05) is 29.8 Å². The Morgan fingerprint density at radius 2 is 1.84 bits per heavy atom. The van der Waals surface area contributed by atoms with E-state index in [9.17, 15) is 18.8 Å². The van der Waals surface area contributed by atoms with Gasteiger partial charge in [0.2, 0.25) is 0 Å². The molecule has 25 heavy (non-hydrogen) atoms. The molecule has 0 aliphatic carbocycles. The number of carbonyl (C=O) groups excluding carboxylic acids is 3. The molecule has 0 spiro atoms. The van der Waals surface area contributed by atoms with E-state index in [0.717, 1.165) is 6.07 Å². The van der Waals surface area contributed by atoms with Gasteiger partial charge < -0.3 is 10.1 Å².